The lowest BCUT2D eigenvalue weighted by Crippen LogP contribution is -2.28. The summed E-state index contributed by atoms with van der Waals surface area (Å²) in [5.74, 6) is 2.95. The van der Waals surface area contributed by atoms with Crippen LogP contribution in [0.2, 0.25) is 0 Å². The van der Waals surface area contributed by atoms with Gasteiger partial charge in [-0.05, 0) is 24.7 Å². The zero-order chi connectivity index (χ0) is 12.8. The van der Waals surface area contributed by atoms with Crippen LogP contribution in [0.15, 0.2) is 4.99 Å². The zero-order valence-corrected chi connectivity index (χ0v) is 12.8. The van der Waals surface area contributed by atoms with Crippen molar-refractivity contribution in [2.45, 2.75) is 64.8 Å². The van der Waals surface area contributed by atoms with E-state index in [1.807, 2.05) is 11.8 Å². The lowest BCUT2D eigenvalue weighted by Gasteiger charge is -2.20. The molecule has 0 aromatic carbocycles. The van der Waals surface area contributed by atoms with Gasteiger partial charge in [0.15, 0.2) is 5.17 Å². The second-order valence-corrected chi connectivity index (χ2v) is 7.27. The molecule has 18 heavy (non-hydrogen) atoms. The summed E-state index contributed by atoms with van der Waals surface area (Å²) in [6.07, 6.45) is 9.83. The van der Waals surface area contributed by atoms with Crippen molar-refractivity contribution in [2.24, 2.45) is 16.8 Å². The van der Waals surface area contributed by atoms with Crippen LogP contribution in [0, 0.1) is 11.8 Å². The van der Waals surface area contributed by atoms with Crippen LogP contribution in [0.1, 0.15) is 58.8 Å². The number of hydrogen-bond donors (Lipinski definition) is 1. The number of thioether (sulfide) groups is 1. The molecule has 1 aliphatic carbocycles. The lowest BCUT2D eigenvalue weighted by molar-refractivity contribution is 0.343. The molecule has 1 aliphatic heterocycles. The van der Waals surface area contributed by atoms with Gasteiger partial charge in [-0.1, -0.05) is 57.7 Å². The molecule has 0 amide bonds. The van der Waals surface area contributed by atoms with Gasteiger partial charge in [-0.25, -0.2) is 0 Å². The molecule has 1 N–H and O–H groups in total. The maximum atomic E-state index is 4.74. The number of nitrogens with zero attached hydrogens (tertiary/aromatic N) is 1. The molecule has 1 saturated carbocycles. The number of nitrogens with one attached hydrogen (secondary N) is 1. The molecule has 0 aromatic heterocycles. The van der Waals surface area contributed by atoms with E-state index in [9.17, 15) is 0 Å². The molecular formula is C15H28N2S. The molecule has 2 fully saturated rings. The van der Waals surface area contributed by atoms with Crippen LogP contribution in [0.25, 0.3) is 0 Å². The number of rotatable bonds is 5. The first-order valence-corrected chi connectivity index (χ1v) is 8.66. The average Bonchev–Trinajstić information content (AvgIpc) is 2.77. The van der Waals surface area contributed by atoms with Crippen molar-refractivity contribution in [2.75, 3.05) is 12.3 Å². The summed E-state index contributed by atoms with van der Waals surface area (Å²) in [7, 11) is 0. The summed E-state index contributed by atoms with van der Waals surface area (Å²) in [5.41, 5.74) is 0. The van der Waals surface area contributed by atoms with E-state index in [1.165, 1.54) is 55.9 Å². The first-order chi connectivity index (χ1) is 8.74. The van der Waals surface area contributed by atoms with Crippen molar-refractivity contribution in [3.63, 3.8) is 0 Å². The van der Waals surface area contributed by atoms with Gasteiger partial charge in [0.25, 0.3) is 0 Å². The van der Waals surface area contributed by atoms with E-state index in [2.05, 4.69) is 19.2 Å². The molecule has 1 heterocycles. The largest absolute Gasteiger partial charge is 0.361 e. The molecular weight excluding hydrogens is 240 g/mol. The Bertz CT molecular complexity index is 270. The molecule has 1 unspecified atom stereocenters. The minimum absolute atomic E-state index is 0.656. The molecule has 0 bridgehead atoms. The van der Waals surface area contributed by atoms with Crippen molar-refractivity contribution in [3.05, 3.63) is 0 Å². The van der Waals surface area contributed by atoms with Gasteiger partial charge in [-0.15, -0.1) is 0 Å². The third-order valence-corrected chi connectivity index (χ3v) is 5.11. The Labute approximate surface area is 116 Å². The van der Waals surface area contributed by atoms with Gasteiger partial charge in [-0.3, -0.25) is 4.99 Å². The minimum atomic E-state index is 0.656. The van der Waals surface area contributed by atoms with Gasteiger partial charge in [-0.2, -0.15) is 0 Å². The topological polar surface area (TPSA) is 24.4 Å². The SMILES string of the molecule is CC(C)CC1CSC(=NCCC2CCCCC2)N1. The number of aliphatic imine (C=N–C) groups is 1. The van der Waals surface area contributed by atoms with Crippen LogP contribution in [0.3, 0.4) is 0 Å². The highest BCUT2D eigenvalue weighted by Crippen LogP contribution is 2.26. The fourth-order valence-corrected chi connectivity index (χ4v) is 4.06. The van der Waals surface area contributed by atoms with Crippen molar-refractivity contribution < 1.29 is 0 Å². The maximum Gasteiger partial charge on any atom is 0.156 e. The van der Waals surface area contributed by atoms with Crippen LogP contribution >= 0.6 is 11.8 Å². The summed E-state index contributed by atoms with van der Waals surface area (Å²) in [6.45, 7) is 5.63. The van der Waals surface area contributed by atoms with Crippen LogP contribution in [-0.2, 0) is 0 Å². The Balaban J connectivity index is 1.64. The fraction of sp³-hybridized carbons (Fsp3) is 0.933. The lowest BCUT2D eigenvalue weighted by atomic mass is 9.87. The molecule has 2 nitrogen and oxygen atoms in total. The van der Waals surface area contributed by atoms with E-state index >= 15 is 0 Å². The molecule has 1 saturated heterocycles. The zero-order valence-electron chi connectivity index (χ0n) is 12.0. The summed E-state index contributed by atoms with van der Waals surface area (Å²) in [5, 5.41) is 4.78. The highest BCUT2D eigenvalue weighted by Gasteiger charge is 2.21. The van der Waals surface area contributed by atoms with Crippen LogP contribution in [0.5, 0.6) is 0 Å². The molecule has 0 aromatic rings. The van der Waals surface area contributed by atoms with Crippen molar-refractivity contribution in [3.8, 4) is 0 Å². The van der Waals surface area contributed by atoms with Crippen molar-refractivity contribution in [1.82, 2.24) is 5.32 Å². The number of hydrogen-bond acceptors (Lipinski definition) is 2. The highest BCUT2D eigenvalue weighted by molar-refractivity contribution is 8.14. The Morgan fingerprint density at radius 1 is 1.28 bits per heavy atom. The summed E-state index contributed by atoms with van der Waals surface area (Å²) in [6, 6.07) is 0.656. The molecule has 2 aliphatic rings. The monoisotopic (exact) mass is 268 g/mol. The van der Waals surface area contributed by atoms with E-state index < -0.39 is 0 Å². The highest BCUT2D eigenvalue weighted by atomic mass is 32.2. The first kappa shape index (κ1) is 14.2. The Hall–Kier alpha value is -0.180. The third-order valence-electron chi connectivity index (χ3n) is 4.02. The summed E-state index contributed by atoms with van der Waals surface area (Å²) in [4.78, 5) is 4.74. The number of amidine groups is 1. The molecule has 2 rings (SSSR count). The predicted molar refractivity (Wildman–Crippen MR) is 82.3 cm³/mol. The normalized spacial score (nSPS) is 27.9. The molecule has 0 spiro atoms. The third kappa shape index (κ3) is 4.83. The van der Waals surface area contributed by atoms with Gasteiger partial charge in [0, 0.05) is 18.3 Å². The molecule has 3 heteroatoms. The van der Waals surface area contributed by atoms with Crippen LogP contribution in [0.4, 0.5) is 0 Å². The quantitative estimate of drug-likeness (QED) is 0.813. The van der Waals surface area contributed by atoms with E-state index in [-0.39, 0.29) is 0 Å². The molecule has 0 radical (unpaired) electrons. The molecule has 104 valence electrons. The van der Waals surface area contributed by atoms with Gasteiger partial charge in [0.05, 0.1) is 0 Å². The van der Waals surface area contributed by atoms with Gasteiger partial charge >= 0.3 is 0 Å². The second kappa shape index (κ2) is 7.42. The van der Waals surface area contributed by atoms with Gasteiger partial charge < -0.3 is 5.32 Å². The van der Waals surface area contributed by atoms with E-state index in [1.54, 1.807) is 0 Å². The van der Waals surface area contributed by atoms with Gasteiger partial charge in [0.2, 0.25) is 0 Å². The van der Waals surface area contributed by atoms with Crippen LogP contribution in [-0.4, -0.2) is 23.5 Å². The van der Waals surface area contributed by atoms with E-state index in [4.69, 9.17) is 4.99 Å². The minimum Gasteiger partial charge on any atom is -0.361 e. The Morgan fingerprint density at radius 3 is 2.78 bits per heavy atom. The maximum absolute atomic E-state index is 4.74. The first-order valence-electron chi connectivity index (χ1n) is 7.68. The smallest absolute Gasteiger partial charge is 0.156 e. The summed E-state index contributed by atoms with van der Waals surface area (Å²) >= 11 is 1.92. The second-order valence-electron chi connectivity index (χ2n) is 6.26. The van der Waals surface area contributed by atoms with Crippen molar-refractivity contribution >= 4 is 16.9 Å². The standard InChI is InChI=1S/C15H28N2S/c1-12(2)10-14-11-18-15(17-14)16-9-8-13-6-4-3-5-7-13/h12-14H,3-11H2,1-2H3,(H,16,17). The summed E-state index contributed by atoms with van der Waals surface area (Å²) < 4.78 is 0. The Kier molecular flexibility index (Phi) is 5.87. The van der Waals surface area contributed by atoms with Gasteiger partial charge in [0.1, 0.15) is 0 Å². The van der Waals surface area contributed by atoms with Crippen LogP contribution < -0.4 is 5.32 Å². The fourth-order valence-electron chi connectivity index (χ4n) is 3.05. The molecule has 1 atom stereocenters. The van der Waals surface area contributed by atoms with Crippen molar-refractivity contribution in [1.29, 1.82) is 0 Å². The average molecular weight is 268 g/mol. The van der Waals surface area contributed by atoms with E-state index in [0.29, 0.717) is 6.04 Å². The van der Waals surface area contributed by atoms with E-state index in [0.717, 1.165) is 18.4 Å². The predicted octanol–water partition coefficient (Wildman–Crippen LogP) is 4.06. The Morgan fingerprint density at radius 2 is 2.06 bits per heavy atom.